The van der Waals surface area contributed by atoms with Gasteiger partial charge in [-0.2, -0.15) is 0 Å². The first kappa shape index (κ1) is 21.5. The third kappa shape index (κ3) is 4.84. The first-order valence-electron chi connectivity index (χ1n) is 9.86. The van der Waals surface area contributed by atoms with Crippen LogP contribution in [0.2, 0.25) is 10.0 Å². The third-order valence-corrected chi connectivity index (χ3v) is 6.69. The zero-order chi connectivity index (χ0) is 20.1. The molecule has 1 aromatic carbocycles. The van der Waals surface area contributed by atoms with Gasteiger partial charge in [-0.05, 0) is 44.9 Å². The van der Waals surface area contributed by atoms with E-state index in [1.54, 1.807) is 6.07 Å². The van der Waals surface area contributed by atoms with E-state index in [1.165, 1.54) is 31.0 Å². The molecule has 1 aromatic heterocycles. The molecular formula is C20H26Cl2N4OS. The molecule has 0 bridgehead atoms. The molecule has 0 unspecified atom stereocenters. The summed E-state index contributed by atoms with van der Waals surface area (Å²) in [5.74, 6) is 1.24. The van der Waals surface area contributed by atoms with E-state index in [1.807, 2.05) is 30.9 Å². The molecule has 1 aliphatic rings. The molecule has 5 nitrogen and oxygen atoms in total. The van der Waals surface area contributed by atoms with Crippen LogP contribution in [-0.4, -0.2) is 44.4 Å². The van der Waals surface area contributed by atoms with Crippen molar-refractivity contribution in [3.63, 3.8) is 0 Å². The molecule has 0 radical (unpaired) electrons. The lowest BCUT2D eigenvalue weighted by Crippen LogP contribution is -2.32. The number of carbonyl (C=O) groups excluding carboxylic acids is 1. The first-order valence-corrected chi connectivity index (χ1v) is 11.6. The van der Waals surface area contributed by atoms with Gasteiger partial charge in [0.25, 0.3) is 0 Å². The Labute approximate surface area is 180 Å². The van der Waals surface area contributed by atoms with E-state index in [9.17, 15) is 4.79 Å². The lowest BCUT2D eigenvalue weighted by atomic mass is 9.95. The van der Waals surface area contributed by atoms with Gasteiger partial charge >= 0.3 is 0 Å². The number of amides is 1. The Bertz CT molecular complexity index is 817. The second kappa shape index (κ2) is 9.99. The van der Waals surface area contributed by atoms with Gasteiger partial charge in [0, 0.05) is 29.7 Å². The summed E-state index contributed by atoms with van der Waals surface area (Å²) >= 11 is 14.0. The molecule has 1 heterocycles. The van der Waals surface area contributed by atoms with E-state index in [4.69, 9.17) is 23.2 Å². The standard InChI is InChI=1S/C20H26Cl2N4OS/c1-3-25(4-2)18(27)13-28-20-24-23-19(16-11-10-14(21)12-17(16)22)26(20)15-8-6-5-7-9-15/h10-12,15H,3-9,13H2,1-2H3. The van der Waals surface area contributed by atoms with Crippen molar-refractivity contribution in [1.29, 1.82) is 0 Å². The van der Waals surface area contributed by atoms with Gasteiger partial charge in [0.1, 0.15) is 0 Å². The topological polar surface area (TPSA) is 51.0 Å². The van der Waals surface area contributed by atoms with E-state index >= 15 is 0 Å². The van der Waals surface area contributed by atoms with Crippen LogP contribution in [0.1, 0.15) is 52.0 Å². The normalized spacial score (nSPS) is 15.0. The number of thioether (sulfide) groups is 1. The minimum Gasteiger partial charge on any atom is -0.343 e. The molecule has 1 saturated carbocycles. The zero-order valence-corrected chi connectivity index (χ0v) is 18.7. The van der Waals surface area contributed by atoms with Crippen LogP contribution in [0.3, 0.4) is 0 Å². The smallest absolute Gasteiger partial charge is 0.233 e. The minimum absolute atomic E-state index is 0.124. The van der Waals surface area contributed by atoms with Crippen LogP contribution in [0, 0.1) is 0 Å². The predicted molar refractivity (Wildman–Crippen MR) is 116 cm³/mol. The second-order valence-corrected chi connectivity index (χ2v) is 8.73. The summed E-state index contributed by atoms with van der Waals surface area (Å²) in [6.45, 7) is 5.43. The summed E-state index contributed by atoms with van der Waals surface area (Å²) in [5, 5.41) is 10.8. The van der Waals surface area contributed by atoms with Crippen LogP contribution in [0.25, 0.3) is 11.4 Å². The molecule has 1 fully saturated rings. The Morgan fingerprint density at radius 2 is 1.89 bits per heavy atom. The van der Waals surface area contributed by atoms with E-state index in [2.05, 4.69) is 14.8 Å². The van der Waals surface area contributed by atoms with Gasteiger partial charge < -0.3 is 4.90 Å². The molecule has 28 heavy (non-hydrogen) atoms. The van der Waals surface area contributed by atoms with Gasteiger partial charge in [0.15, 0.2) is 11.0 Å². The summed E-state index contributed by atoms with van der Waals surface area (Å²) in [4.78, 5) is 14.3. The number of benzene rings is 1. The molecule has 1 aliphatic carbocycles. The van der Waals surface area contributed by atoms with E-state index in [-0.39, 0.29) is 5.91 Å². The van der Waals surface area contributed by atoms with Crippen molar-refractivity contribution in [2.24, 2.45) is 0 Å². The number of carbonyl (C=O) groups is 1. The molecule has 2 aromatic rings. The van der Waals surface area contributed by atoms with Gasteiger partial charge in [-0.15, -0.1) is 10.2 Å². The van der Waals surface area contributed by atoms with Crippen LogP contribution >= 0.6 is 35.0 Å². The number of aromatic nitrogens is 3. The van der Waals surface area contributed by atoms with Crippen LogP contribution in [0.15, 0.2) is 23.4 Å². The molecule has 0 N–H and O–H groups in total. The zero-order valence-electron chi connectivity index (χ0n) is 16.3. The number of hydrogen-bond donors (Lipinski definition) is 0. The Hall–Kier alpha value is -1.24. The van der Waals surface area contributed by atoms with Crippen LogP contribution in [0.5, 0.6) is 0 Å². The minimum atomic E-state index is 0.124. The van der Waals surface area contributed by atoms with E-state index in [0.717, 1.165) is 42.5 Å². The number of rotatable bonds is 7. The molecule has 0 atom stereocenters. The SMILES string of the molecule is CCN(CC)C(=O)CSc1nnc(-c2ccc(Cl)cc2Cl)n1C1CCCCC1. The summed E-state index contributed by atoms with van der Waals surface area (Å²) in [5.41, 5.74) is 0.825. The van der Waals surface area contributed by atoms with Crippen molar-refractivity contribution in [1.82, 2.24) is 19.7 Å². The number of nitrogens with zero attached hydrogens (tertiary/aromatic N) is 4. The fourth-order valence-electron chi connectivity index (χ4n) is 3.69. The Morgan fingerprint density at radius 3 is 2.54 bits per heavy atom. The van der Waals surface area contributed by atoms with Crippen molar-refractivity contribution >= 4 is 40.9 Å². The second-order valence-electron chi connectivity index (χ2n) is 6.95. The summed E-state index contributed by atoms with van der Waals surface area (Å²) in [6.07, 6.45) is 5.83. The largest absolute Gasteiger partial charge is 0.343 e. The first-order chi connectivity index (χ1) is 13.5. The fourth-order valence-corrected chi connectivity index (χ4v) is 5.09. The lowest BCUT2D eigenvalue weighted by molar-refractivity contribution is -0.127. The molecule has 3 rings (SSSR count). The molecule has 0 saturated heterocycles. The number of hydrogen-bond acceptors (Lipinski definition) is 4. The van der Waals surface area contributed by atoms with Crippen molar-refractivity contribution in [2.75, 3.05) is 18.8 Å². The maximum atomic E-state index is 12.4. The van der Waals surface area contributed by atoms with Gasteiger partial charge in [0.05, 0.1) is 10.8 Å². The van der Waals surface area contributed by atoms with Crippen molar-refractivity contribution in [3.8, 4) is 11.4 Å². The third-order valence-electron chi connectivity index (χ3n) is 5.22. The molecule has 0 spiro atoms. The molecule has 1 amide bonds. The van der Waals surface area contributed by atoms with E-state index in [0.29, 0.717) is 21.8 Å². The van der Waals surface area contributed by atoms with Crippen LogP contribution in [0.4, 0.5) is 0 Å². The highest BCUT2D eigenvalue weighted by Gasteiger charge is 2.25. The van der Waals surface area contributed by atoms with Crippen LogP contribution < -0.4 is 0 Å². The van der Waals surface area contributed by atoms with Crippen molar-refractivity contribution in [3.05, 3.63) is 28.2 Å². The highest BCUT2D eigenvalue weighted by atomic mass is 35.5. The predicted octanol–water partition coefficient (Wildman–Crippen LogP) is 5.72. The summed E-state index contributed by atoms with van der Waals surface area (Å²) in [6, 6.07) is 5.77. The molecule has 8 heteroatoms. The van der Waals surface area contributed by atoms with Crippen LogP contribution in [-0.2, 0) is 4.79 Å². The highest BCUT2D eigenvalue weighted by Crippen LogP contribution is 2.38. The Morgan fingerprint density at radius 1 is 1.18 bits per heavy atom. The van der Waals surface area contributed by atoms with Gasteiger partial charge in [0.2, 0.25) is 5.91 Å². The maximum absolute atomic E-state index is 12.4. The maximum Gasteiger partial charge on any atom is 0.233 e. The van der Waals surface area contributed by atoms with Gasteiger partial charge in [-0.3, -0.25) is 9.36 Å². The van der Waals surface area contributed by atoms with Crippen molar-refractivity contribution in [2.45, 2.75) is 57.1 Å². The molecular weight excluding hydrogens is 415 g/mol. The Kier molecular flexibility index (Phi) is 7.66. The molecule has 152 valence electrons. The monoisotopic (exact) mass is 440 g/mol. The summed E-state index contributed by atoms with van der Waals surface area (Å²) < 4.78 is 2.19. The molecule has 0 aliphatic heterocycles. The fraction of sp³-hybridized carbons (Fsp3) is 0.550. The average Bonchev–Trinajstić information content (AvgIpc) is 3.11. The van der Waals surface area contributed by atoms with Crippen molar-refractivity contribution < 1.29 is 4.79 Å². The summed E-state index contributed by atoms with van der Waals surface area (Å²) in [7, 11) is 0. The highest BCUT2D eigenvalue weighted by molar-refractivity contribution is 7.99. The number of halogens is 2. The van der Waals surface area contributed by atoms with E-state index < -0.39 is 0 Å². The quantitative estimate of drug-likeness (QED) is 0.516. The lowest BCUT2D eigenvalue weighted by Gasteiger charge is -2.26. The van der Waals surface area contributed by atoms with Gasteiger partial charge in [-0.25, -0.2) is 0 Å². The van der Waals surface area contributed by atoms with Gasteiger partial charge in [-0.1, -0.05) is 54.2 Å². The Balaban J connectivity index is 1.92. The average molecular weight is 441 g/mol.